The smallest absolute Gasteiger partial charge is 0.253 e. The average molecular weight is 414 g/mol. The van der Waals surface area contributed by atoms with Crippen molar-refractivity contribution < 1.29 is 0 Å². The van der Waals surface area contributed by atoms with Gasteiger partial charge in [-0.2, -0.15) is 0 Å². The normalized spacial score (nSPS) is 11.0. The summed E-state index contributed by atoms with van der Waals surface area (Å²) in [5.41, 5.74) is 3.90. The number of fused-ring (bicyclic) bond motifs is 1. The van der Waals surface area contributed by atoms with Gasteiger partial charge >= 0.3 is 0 Å². The van der Waals surface area contributed by atoms with Crippen LogP contribution in [-0.2, 0) is 13.1 Å². The van der Waals surface area contributed by atoms with Crippen molar-refractivity contribution in [3.8, 4) is 0 Å². The summed E-state index contributed by atoms with van der Waals surface area (Å²) in [6, 6.07) is 10.3. The number of aromatic nitrogens is 1. The Morgan fingerprint density at radius 2 is 2.07 bits per heavy atom. The molecule has 2 N–H and O–H groups in total. The first-order valence-electron chi connectivity index (χ1n) is 9.67. The Morgan fingerprint density at radius 1 is 1.25 bits per heavy atom. The van der Waals surface area contributed by atoms with Gasteiger partial charge in [-0.1, -0.05) is 31.5 Å². The summed E-state index contributed by atoms with van der Waals surface area (Å²) in [5.74, 6) is 0. The van der Waals surface area contributed by atoms with Crippen LogP contribution in [0.1, 0.15) is 41.3 Å². The Morgan fingerprint density at radius 3 is 2.79 bits per heavy atom. The zero-order valence-electron chi connectivity index (χ0n) is 16.7. The minimum atomic E-state index is -0.0475. The molecule has 0 unspecified atom stereocenters. The third-order valence-corrected chi connectivity index (χ3v) is 6.27. The van der Waals surface area contributed by atoms with Crippen molar-refractivity contribution >= 4 is 39.6 Å². The third kappa shape index (κ3) is 4.80. The summed E-state index contributed by atoms with van der Waals surface area (Å²) >= 11 is 7.35. The van der Waals surface area contributed by atoms with Crippen LogP contribution in [0.4, 0.5) is 0 Å². The van der Waals surface area contributed by atoms with E-state index in [9.17, 15) is 4.79 Å². The van der Waals surface area contributed by atoms with Crippen LogP contribution in [0.2, 0.25) is 0 Å². The minimum Gasteiger partial charge on any atom is -0.363 e. The van der Waals surface area contributed by atoms with Crippen molar-refractivity contribution in [2.75, 3.05) is 6.54 Å². The second-order valence-corrected chi connectivity index (χ2v) is 8.54. The fourth-order valence-electron chi connectivity index (χ4n) is 3.17. The van der Waals surface area contributed by atoms with E-state index < -0.39 is 0 Å². The van der Waals surface area contributed by atoms with Crippen LogP contribution in [0.3, 0.4) is 0 Å². The van der Waals surface area contributed by atoms with Crippen LogP contribution in [0, 0.1) is 13.8 Å². The SMILES string of the molecule is CCCCNC(=S)N(Cc1cccs1)Cc1cc2ccc(C)c(C)c2[nH]c1=O. The summed E-state index contributed by atoms with van der Waals surface area (Å²) in [5, 5.41) is 7.15. The number of nitrogens with zero attached hydrogens (tertiary/aromatic N) is 1. The van der Waals surface area contributed by atoms with Crippen LogP contribution in [-0.4, -0.2) is 21.5 Å². The van der Waals surface area contributed by atoms with Crippen LogP contribution in [0.25, 0.3) is 10.9 Å². The molecule has 3 aromatic rings. The first-order chi connectivity index (χ1) is 13.5. The van der Waals surface area contributed by atoms with Gasteiger partial charge in [-0.3, -0.25) is 4.79 Å². The van der Waals surface area contributed by atoms with Crippen molar-refractivity contribution in [2.24, 2.45) is 0 Å². The zero-order chi connectivity index (χ0) is 20.1. The summed E-state index contributed by atoms with van der Waals surface area (Å²) in [4.78, 5) is 19.2. The largest absolute Gasteiger partial charge is 0.363 e. The van der Waals surface area contributed by atoms with Gasteiger partial charge in [-0.05, 0) is 66.5 Å². The molecular weight excluding hydrogens is 386 g/mol. The van der Waals surface area contributed by atoms with E-state index >= 15 is 0 Å². The van der Waals surface area contributed by atoms with Gasteiger partial charge < -0.3 is 15.2 Å². The number of pyridine rings is 1. The van der Waals surface area contributed by atoms with E-state index in [1.807, 2.05) is 19.1 Å². The molecule has 1 aromatic carbocycles. The van der Waals surface area contributed by atoms with Gasteiger partial charge in [0.05, 0.1) is 18.6 Å². The number of benzene rings is 1. The third-order valence-electron chi connectivity index (χ3n) is 5.01. The quantitative estimate of drug-likeness (QED) is 0.428. The first kappa shape index (κ1) is 20.6. The van der Waals surface area contributed by atoms with E-state index in [1.54, 1.807) is 11.3 Å². The summed E-state index contributed by atoms with van der Waals surface area (Å²) in [6.45, 7) is 8.29. The molecule has 0 aliphatic carbocycles. The number of aromatic amines is 1. The maximum Gasteiger partial charge on any atom is 0.253 e. The fraction of sp³-hybridized carbons (Fsp3) is 0.364. The lowest BCUT2D eigenvalue weighted by atomic mass is 10.0. The summed E-state index contributed by atoms with van der Waals surface area (Å²) in [7, 11) is 0. The maximum atomic E-state index is 12.8. The van der Waals surface area contributed by atoms with E-state index in [0.717, 1.165) is 41.4 Å². The number of unbranched alkanes of at least 4 members (excludes halogenated alkanes) is 1. The van der Waals surface area contributed by atoms with Gasteiger partial charge in [0.25, 0.3) is 5.56 Å². The van der Waals surface area contributed by atoms with Crippen LogP contribution >= 0.6 is 23.6 Å². The van der Waals surface area contributed by atoms with Gasteiger partial charge in [0.15, 0.2) is 5.11 Å². The van der Waals surface area contributed by atoms with E-state index in [4.69, 9.17) is 12.2 Å². The molecule has 4 nitrogen and oxygen atoms in total. The van der Waals surface area contributed by atoms with Gasteiger partial charge in [0.1, 0.15) is 0 Å². The van der Waals surface area contributed by atoms with E-state index in [-0.39, 0.29) is 5.56 Å². The molecule has 28 heavy (non-hydrogen) atoms. The molecule has 6 heteroatoms. The molecule has 0 aliphatic rings. The lowest BCUT2D eigenvalue weighted by Crippen LogP contribution is -2.40. The molecule has 0 aliphatic heterocycles. The Labute approximate surface area is 175 Å². The molecule has 0 fully saturated rings. The van der Waals surface area contributed by atoms with Gasteiger partial charge in [-0.25, -0.2) is 0 Å². The van der Waals surface area contributed by atoms with Crippen molar-refractivity contribution in [2.45, 2.75) is 46.7 Å². The van der Waals surface area contributed by atoms with Crippen LogP contribution < -0.4 is 10.9 Å². The van der Waals surface area contributed by atoms with E-state index in [0.29, 0.717) is 18.2 Å². The highest BCUT2D eigenvalue weighted by atomic mass is 32.1. The molecule has 0 spiro atoms. The Kier molecular flexibility index (Phi) is 6.86. The molecule has 3 rings (SSSR count). The molecule has 0 saturated heterocycles. The highest BCUT2D eigenvalue weighted by molar-refractivity contribution is 7.80. The number of rotatable bonds is 7. The lowest BCUT2D eigenvalue weighted by Gasteiger charge is -2.25. The molecule has 148 valence electrons. The Hall–Kier alpha value is -2.18. The molecule has 0 bridgehead atoms. The molecule has 0 atom stereocenters. The standard InChI is InChI=1S/C22H27N3OS2/c1-4-5-10-23-22(27)25(14-19-7-6-11-28-19)13-18-12-17-9-8-15(2)16(3)20(17)24-21(18)26/h6-9,11-12H,4-5,10,13-14H2,1-3H3,(H,23,27)(H,24,26). The van der Waals surface area contributed by atoms with Crippen molar-refractivity contribution in [1.82, 2.24) is 15.2 Å². The first-order valence-corrected chi connectivity index (χ1v) is 11.0. The number of hydrogen-bond acceptors (Lipinski definition) is 3. The molecule has 2 heterocycles. The molecule has 2 aromatic heterocycles. The summed E-state index contributed by atoms with van der Waals surface area (Å²) < 4.78 is 0. The summed E-state index contributed by atoms with van der Waals surface area (Å²) in [6.07, 6.45) is 2.19. The Bertz CT molecular complexity index is 1010. The average Bonchev–Trinajstić information content (AvgIpc) is 3.19. The second kappa shape index (κ2) is 9.34. The Balaban J connectivity index is 1.88. The topological polar surface area (TPSA) is 48.1 Å². The van der Waals surface area contributed by atoms with Gasteiger partial charge in [0, 0.05) is 17.0 Å². The maximum absolute atomic E-state index is 12.8. The van der Waals surface area contributed by atoms with Crippen LogP contribution in [0.15, 0.2) is 40.5 Å². The van der Waals surface area contributed by atoms with Crippen molar-refractivity contribution in [3.63, 3.8) is 0 Å². The molecule has 0 saturated carbocycles. The highest BCUT2D eigenvalue weighted by Crippen LogP contribution is 2.20. The predicted molar refractivity (Wildman–Crippen MR) is 123 cm³/mol. The van der Waals surface area contributed by atoms with E-state index in [1.165, 1.54) is 10.4 Å². The van der Waals surface area contributed by atoms with Crippen molar-refractivity contribution in [1.29, 1.82) is 0 Å². The highest BCUT2D eigenvalue weighted by Gasteiger charge is 2.15. The van der Waals surface area contributed by atoms with E-state index in [2.05, 4.69) is 52.6 Å². The second-order valence-electron chi connectivity index (χ2n) is 7.12. The number of H-pyrrole nitrogens is 1. The van der Waals surface area contributed by atoms with Crippen molar-refractivity contribution in [3.05, 3.63) is 67.6 Å². The zero-order valence-corrected chi connectivity index (χ0v) is 18.3. The number of hydrogen-bond donors (Lipinski definition) is 2. The number of thiocarbonyl (C=S) groups is 1. The molecule has 0 amide bonds. The molecule has 0 radical (unpaired) electrons. The fourth-order valence-corrected chi connectivity index (χ4v) is 4.12. The number of nitrogens with one attached hydrogen (secondary N) is 2. The van der Waals surface area contributed by atoms with Crippen LogP contribution in [0.5, 0.6) is 0 Å². The van der Waals surface area contributed by atoms with Gasteiger partial charge in [-0.15, -0.1) is 11.3 Å². The number of thiophene rings is 1. The predicted octanol–water partition coefficient (Wildman–Crippen LogP) is 4.88. The minimum absolute atomic E-state index is 0.0475. The number of aryl methyl sites for hydroxylation is 2. The van der Waals surface area contributed by atoms with Gasteiger partial charge in [0.2, 0.25) is 0 Å². The molecular formula is C22H27N3OS2. The lowest BCUT2D eigenvalue weighted by molar-refractivity contribution is 0.400. The monoisotopic (exact) mass is 413 g/mol.